The molecule has 1 unspecified atom stereocenters. The van der Waals surface area contributed by atoms with Crippen LogP contribution < -0.4 is 10.6 Å². The van der Waals surface area contributed by atoms with Crippen LogP contribution in [0.15, 0.2) is 66.9 Å². The summed E-state index contributed by atoms with van der Waals surface area (Å²) in [4.78, 5) is 28.9. The first kappa shape index (κ1) is 21.8. The van der Waals surface area contributed by atoms with Crippen LogP contribution in [-0.4, -0.2) is 43.6 Å². The topological polar surface area (TPSA) is 127 Å². The van der Waals surface area contributed by atoms with Gasteiger partial charge in [0, 0.05) is 11.9 Å². The number of benzene rings is 2. The number of nitrogens with zero attached hydrogens (tertiary/aromatic N) is 4. The second-order valence-electron chi connectivity index (χ2n) is 7.13. The van der Waals surface area contributed by atoms with Gasteiger partial charge in [0.2, 0.25) is 0 Å². The van der Waals surface area contributed by atoms with Crippen molar-refractivity contribution in [2.75, 3.05) is 11.9 Å². The van der Waals surface area contributed by atoms with Gasteiger partial charge in [-0.1, -0.05) is 30.3 Å². The average Bonchev–Trinajstić information content (AvgIpc) is 3.48. The maximum absolute atomic E-state index is 12.7. The normalized spacial score (nSPS) is 11.6. The zero-order valence-electron chi connectivity index (χ0n) is 18.1. The van der Waals surface area contributed by atoms with E-state index >= 15 is 0 Å². The number of aromatic amines is 1. The van der Waals surface area contributed by atoms with Crippen molar-refractivity contribution in [1.29, 1.82) is 0 Å². The molecule has 0 aliphatic carbocycles. The number of H-pyrrole nitrogens is 1. The van der Waals surface area contributed by atoms with Gasteiger partial charge in [0.05, 0.1) is 12.3 Å². The predicted molar refractivity (Wildman–Crippen MR) is 121 cm³/mol. The molecule has 4 rings (SSSR count). The zero-order chi connectivity index (χ0) is 23.2. The van der Waals surface area contributed by atoms with Crippen LogP contribution in [0.2, 0.25) is 0 Å². The number of rotatable bonds is 7. The van der Waals surface area contributed by atoms with Gasteiger partial charge in [0.25, 0.3) is 0 Å². The molecule has 168 valence electrons. The highest BCUT2D eigenvalue weighted by molar-refractivity contribution is 5.90. The number of urea groups is 1. The molecule has 33 heavy (non-hydrogen) atoms. The molecule has 4 aromatic rings. The highest BCUT2D eigenvalue weighted by Crippen LogP contribution is 2.19. The number of carbonyl (C=O) groups is 2. The quantitative estimate of drug-likeness (QED) is 0.374. The Labute approximate surface area is 190 Å². The van der Waals surface area contributed by atoms with Gasteiger partial charge in [-0.2, -0.15) is 10.2 Å². The van der Waals surface area contributed by atoms with Gasteiger partial charge >= 0.3 is 12.0 Å². The van der Waals surface area contributed by atoms with Gasteiger partial charge < -0.3 is 15.4 Å². The summed E-state index contributed by atoms with van der Waals surface area (Å²) in [6, 6.07) is 17.2. The van der Waals surface area contributed by atoms with Crippen molar-refractivity contribution in [3.63, 3.8) is 0 Å². The molecule has 0 bridgehead atoms. The number of ether oxygens (including phenoxy) is 1. The lowest BCUT2D eigenvalue weighted by molar-refractivity contribution is 0.0519. The summed E-state index contributed by atoms with van der Waals surface area (Å²) in [6.07, 6.45) is 1.67. The Morgan fingerprint density at radius 1 is 1.09 bits per heavy atom. The molecule has 2 amide bonds. The number of hydrogen-bond acceptors (Lipinski definition) is 6. The van der Waals surface area contributed by atoms with Crippen LogP contribution in [0, 0.1) is 6.92 Å². The summed E-state index contributed by atoms with van der Waals surface area (Å²) in [5.74, 6) is 0.662. The van der Waals surface area contributed by atoms with Crippen molar-refractivity contribution >= 4 is 17.7 Å². The van der Waals surface area contributed by atoms with E-state index in [9.17, 15) is 9.59 Å². The molecule has 2 aromatic heterocycles. The molecule has 0 fully saturated rings. The summed E-state index contributed by atoms with van der Waals surface area (Å²) in [5.41, 5.74) is 2.41. The Morgan fingerprint density at radius 2 is 1.85 bits per heavy atom. The SMILES string of the molecule is CCOC(=O)c1ccn(-c2ccc(NC(=O)NC(c3ccccc3)c3n[nH]c(C)n3)cc2)n1. The molecule has 2 aromatic carbocycles. The molecular formula is C23H23N7O3. The lowest BCUT2D eigenvalue weighted by atomic mass is 10.1. The summed E-state index contributed by atoms with van der Waals surface area (Å²) >= 11 is 0. The van der Waals surface area contributed by atoms with Crippen molar-refractivity contribution in [3.05, 3.63) is 89.8 Å². The third-order valence-corrected chi connectivity index (χ3v) is 4.74. The first-order valence-corrected chi connectivity index (χ1v) is 10.4. The van der Waals surface area contributed by atoms with E-state index < -0.39 is 18.0 Å². The Kier molecular flexibility index (Phi) is 6.44. The molecule has 0 saturated carbocycles. The van der Waals surface area contributed by atoms with Gasteiger partial charge in [0.1, 0.15) is 11.9 Å². The monoisotopic (exact) mass is 445 g/mol. The number of anilines is 1. The van der Waals surface area contributed by atoms with Gasteiger partial charge in [-0.15, -0.1) is 0 Å². The van der Waals surface area contributed by atoms with Crippen molar-refractivity contribution in [2.45, 2.75) is 19.9 Å². The van der Waals surface area contributed by atoms with Crippen molar-refractivity contribution in [1.82, 2.24) is 30.3 Å². The van der Waals surface area contributed by atoms with Crippen LogP contribution in [0.25, 0.3) is 5.69 Å². The average molecular weight is 445 g/mol. The van der Waals surface area contributed by atoms with Crippen molar-refractivity contribution in [3.8, 4) is 5.69 Å². The number of hydrogen-bond donors (Lipinski definition) is 3. The van der Waals surface area contributed by atoms with E-state index in [-0.39, 0.29) is 12.3 Å². The number of esters is 1. The minimum Gasteiger partial charge on any atom is -0.461 e. The smallest absolute Gasteiger partial charge is 0.358 e. The number of carbonyl (C=O) groups excluding carboxylic acids is 2. The van der Waals surface area contributed by atoms with E-state index in [1.54, 1.807) is 55.1 Å². The highest BCUT2D eigenvalue weighted by atomic mass is 16.5. The van der Waals surface area contributed by atoms with Crippen LogP contribution in [0.1, 0.15) is 40.7 Å². The van der Waals surface area contributed by atoms with E-state index in [1.807, 2.05) is 30.3 Å². The van der Waals surface area contributed by atoms with Gasteiger partial charge in [-0.05, 0) is 49.7 Å². The first-order valence-electron chi connectivity index (χ1n) is 10.4. The summed E-state index contributed by atoms with van der Waals surface area (Å²) in [5, 5.41) is 17.0. The van der Waals surface area contributed by atoms with Crippen LogP contribution >= 0.6 is 0 Å². The fraction of sp³-hybridized carbons (Fsp3) is 0.174. The Morgan fingerprint density at radius 3 is 2.52 bits per heavy atom. The molecule has 1 atom stereocenters. The first-order chi connectivity index (χ1) is 16.0. The second kappa shape index (κ2) is 9.77. The van der Waals surface area contributed by atoms with E-state index in [2.05, 4.69) is 30.9 Å². The number of aryl methyl sites for hydroxylation is 1. The second-order valence-corrected chi connectivity index (χ2v) is 7.13. The fourth-order valence-corrected chi connectivity index (χ4v) is 3.21. The summed E-state index contributed by atoms with van der Waals surface area (Å²) in [7, 11) is 0. The van der Waals surface area contributed by atoms with Gasteiger partial charge in [-0.3, -0.25) is 5.10 Å². The molecule has 10 heteroatoms. The summed E-state index contributed by atoms with van der Waals surface area (Å²) < 4.78 is 6.52. The molecule has 0 saturated heterocycles. The van der Waals surface area contributed by atoms with Crippen LogP contribution in [0.3, 0.4) is 0 Å². The lowest BCUT2D eigenvalue weighted by Crippen LogP contribution is -2.33. The fourth-order valence-electron chi connectivity index (χ4n) is 3.21. The zero-order valence-corrected chi connectivity index (χ0v) is 18.1. The van der Waals surface area contributed by atoms with Gasteiger partial charge in [0.15, 0.2) is 11.5 Å². The van der Waals surface area contributed by atoms with Crippen LogP contribution in [0.5, 0.6) is 0 Å². The van der Waals surface area contributed by atoms with Crippen molar-refractivity contribution < 1.29 is 14.3 Å². The maximum Gasteiger partial charge on any atom is 0.358 e. The maximum atomic E-state index is 12.7. The van der Waals surface area contributed by atoms with Crippen molar-refractivity contribution in [2.24, 2.45) is 0 Å². The minimum absolute atomic E-state index is 0.229. The van der Waals surface area contributed by atoms with E-state index in [1.165, 1.54) is 0 Å². The highest BCUT2D eigenvalue weighted by Gasteiger charge is 2.21. The van der Waals surface area contributed by atoms with E-state index in [0.717, 1.165) is 11.3 Å². The number of nitrogens with one attached hydrogen (secondary N) is 3. The van der Waals surface area contributed by atoms with E-state index in [4.69, 9.17) is 4.74 Å². The molecule has 2 heterocycles. The Hall–Kier alpha value is -4.47. The largest absolute Gasteiger partial charge is 0.461 e. The predicted octanol–water partition coefficient (Wildman–Crippen LogP) is 3.39. The van der Waals surface area contributed by atoms with Gasteiger partial charge in [-0.25, -0.2) is 19.3 Å². The van der Waals surface area contributed by atoms with Crippen LogP contribution in [-0.2, 0) is 4.74 Å². The molecule has 10 nitrogen and oxygen atoms in total. The minimum atomic E-state index is -0.513. The molecule has 0 aliphatic heterocycles. The third kappa shape index (κ3) is 5.24. The molecule has 0 spiro atoms. The number of amides is 2. The Bertz CT molecular complexity index is 1230. The molecule has 3 N–H and O–H groups in total. The van der Waals surface area contributed by atoms with Crippen LogP contribution in [0.4, 0.5) is 10.5 Å². The molecular weight excluding hydrogens is 422 g/mol. The standard InChI is InChI=1S/C23H23N7O3/c1-3-33-22(31)19-13-14-30(29-19)18-11-9-17(10-12-18)25-23(32)26-20(16-7-5-4-6-8-16)21-24-15(2)27-28-21/h4-14,20H,3H2,1-2H3,(H,24,27,28)(H2,25,26,32). The lowest BCUT2D eigenvalue weighted by Gasteiger charge is -2.17. The molecule has 0 radical (unpaired) electrons. The Balaban J connectivity index is 1.44. The number of aromatic nitrogens is 5. The van der Waals surface area contributed by atoms with E-state index in [0.29, 0.717) is 17.3 Å². The summed E-state index contributed by atoms with van der Waals surface area (Å²) in [6.45, 7) is 3.83. The third-order valence-electron chi connectivity index (χ3n) is 4.74. The molecule has 0 aliphatic rings.